The predicted molar refractivity (Wildman–Crippen MR) is 54.6 cm³/mol. The van der Waals surface area contributed by atoms with Crippen molar-refractivity contribution < 1.29 is 65.6 Å². The zero-order chi connectivity index (χ0) is 10.5. The van der Waals surface area contributed by atoms with Crippen LogP contribution in [0.4, 0.5) is 0 Å². The van der Waals surface area contributed by atoms with Crippen molar-refractivity contribution in [3.63, 3.8) is 0 Å². The van der Waals surface area contributed by atoms with Crippen LogP contribution in [0.25, 0.3) is 0 Å². The summed E-state index contributed by atoms with van der Waals surface area (Å²) in [5.74, 6) is 2.38. The first kappa shape index (κ1) is 18.4. The van der Waals surface area contributed by atoms with Gasteiger partial charge in [0.15, 0.2) is 0 Å². The molecule has 0 aromatic carbocycles. The molecule has 0 aromatic heterocycles. The van der Waals surface area contributed by atoms with Crippen LogP contribution in [-0.4, -0.2) is 46.2 Å². The van der Waals surface area contributed by atoms with Gasteiger partial charge in [0, 0.05) is 0 Å². The van der Waals surface area contributed by atoms with Gasteiger partial charge < -0.3 is 19.5 Å². The molecule has 0 aliphatic carbocycles. The molecule has 5 heteroatoms. The molecule has 0 heterocycles. The van der Waals surface area contributed by atoms with Crippen LogP contribution in [0.15, 0.2) is 0 Å². The predicted octanol–water partition coefficient (Wildman–Crippen LogP) is -2.95. The fourth-order valence-electron chi connectivity index (χ4n) is 0.715. The van der Waals surface area contributed by atoms with Gasteiger partial charge in [-0.1, -0.05) is 5.92 Å². The van der Waals surface area contributed by atoms with E-state index in [1.807, 2.05) is 0 Å². The Hall–Kier alpha value is 1.04. The van der Waals surface area contributed by atoms with E-state index in [1.165, 1.54) is 0 Å². The first-order valence-electron chi connectivity index (χ1n) is 4.58. The second-order valence-corrected chi connectivity index (χ2v) is 2.48. The van der Waals surface area contributed by atoms with Crippen molar-refractivity contribution in [2.45, 2.75) is 0 Å². The normalized spacial score (nSPS) is 9.33. The SMILES string of the molecule is C#CCOCCOCCOCCN[CH2-].[K+]. The van der Waals surface area contributed by atoms with E-state index in [0.717, 1.165) is 6.54 Å². The van der Waals surface area contributed by atoms with Crippen molar-refractivity contribution in [1.82, 2.24) is 5.32 Å². The van der Waals surface area contributed by atoms with Gasteiger partial charge in [-0.2, -0.15) is 0 Å². The smallest absolute Gasteiger partial charge is 0.471 e. The van der Waals surface area contributed by atoms with E-state index >= 15 is 0 Å². The van der Waals surface area contributed by atoms with Crippen molar-refractivity contribution >= 4 is 0 Å². The Labute approximate surface area is 135 Å². The van der Waals surface area contributed by atoms with Crippen LogP contribution in [0, 0.1) is 19.4 Å². The van der Waals surface area contributed by atoms with Crippen molar-refractivity contribution in [3.8, 4) is 12.3 Å². The topological polar surface area (TPSA) is 39.7 Å². The Bertz CT molecular complexity index is 150. The zero-order valence-electron chi connectivity index (χ0n) is 9.46. The number of nitrogens with one attached hydrogen (secondary N) is 1. The van der Waals surface area contributed by atoms with Crippen LogP contribution in [0.3, 0.4) is 0 Å². The molecule has 4 nitrogen and oxygen atoms in total. The summed E-state index contributed by atoms with van der Waals surface area (Å²) in [6.45, 7) is 4.01. The third-order valence-electron chi connectivity index (χ3n) is 1.35. The monoisotopic (exact) mass is 239 g/mol. The molecule has 0 unspecified atom stereocenters. The minimum atomic E-state index is 0. The molecule has 0 aliphatic heterocycles. The third-order valence-corrected chi connectivity index (χ3v) is 1.35. The zero-order valence-corrected chi connectivity index (χ0v) is 12.6. The summed E-state index contributed by atoms with van der Waals surface area (Å²) in [6, 6.07) is 0. The summed E-state index contributed by atoms with van der Waals surface area (Å²) in [7, 11) is 3.47. The summed E-state index contributed by atoms with van der Waals surface area (Å²) in [5.41, 5.74) is 0. The molecule has 82 valence electrons. The van der Waals surface area contributed by atoms with Crippen molar-refractivity contribution in [1.29, 1.82) is 0 Å². The van der Waals surface area contributed by atoms with E-state index in [0.29, 0.717) is 39.6 Å². The molecular weight excluding hydrogens is 221 g/mol. The van der Waals surface area contributed by atoms with Crippen molar-refractivity contribution in [2.75, 3.05) is 46.2 Å². The Morgan fingerprint density at radius 2 is 1.53 bits per heavy atom. The second kappa shape index (κ2) is 17.4. The van der Waals surface area contributed by atoms with Crippen LogP contribution in [0.1, 0.15) is 0 Å². The third kappa shape index (κ3) is 17.6. The molecule has 15 heavy (non-hydrogen) atoms. The summed E-state index contributed by atoms with van der Waals surface area (Å²) in [6.07, 6.45) is 4.99. The summed E-state index contributed by atoms with van der Waals surface area (Å²) in [5, 5.41) is 2.74. The summed E-state index contributed by atoms with van der Waals surface area (Å²) in [4.78, 5) is 0. The van der Waals surface area contributed by atoms with Crippen LogP contribution >= 0.6 is 0 Å². The molecule has 0 atom stereocenters. The van der Waals surface area contributed by atoms with Crippen LogP contribution < -0.4 is 56.7 Å². The van der Waals surface area contributed by atoms with Gasteiger partial charge in [0.1, 0.15) is 6.61 Å². The molecule has 0 aliphatic rings. The molecule has 1 N–H and O–H groups in total. The maximum atomic E-state index is 5.21. The maximum Gasteiger partial charge on any atom is 1.00 e. The second-order valence-electron chi connectivity index (χ2n) is 2.48. The average Bonchev–Trinajstić information content (AvgIpc) is 2.21. The van der Waals surface area contributed by atoms with Gasteiger partial charge in [-0.3, -0.25) is 7.05 Å². The fraction of sp³-hybridized carbons (Fsp3) is 0.700. The van der Waals surface area contributed by atoms with Gasteiger partial charge in [-0.25, -0.2) is 0 Å². The summed E-state index contributed by atoms with van der Waals surface area (Å²) < 4.78 is 15.4. The fourth-order valence-corrected chi connectivity index (χ4v) is 0.715. The van der Waals surface area contributed by atoms with Gasteiger partial charge in [-0.05, 0) is 6.54 Å². The number of ether oxygens (including phenoxy) is 3. The number of hydrogen-bond acceptors (Lipinski definition) is 4. The Morgan fingerprint density at radius 1 is 1.00 bits per heavy atom. The number of hydrogen-bond donors (Lipinski definition) is 1. The average molecular weight is 239 g/mol. The minimum Gasteiger partial charge on any atom is -0.471 e. The van der Waals surface area contributed by atoms with Gasteiger partial charge >= 0.3 is 51.4 Å². The summed E-state index contributed by atoms with van der Waals surface area (Å²) >= 11 is 0. The van der Waals surface area contributed by atoms with Crippen LogP contribution in [0.2, 0.25) is 0 Å². The number of terminal acetylenes is 1. The first-order valence-corrected chi connectivity index (χ1v) is 4.58. The molecule has 0 saturated heterocycles. The molecule has 0 aromatic rings. The van der Waals surface area contributed by atoms with Gasteiger partial charge in [0.05, 0.1) is 33.0 Å². The van der Waals surface area contributed by atoms with E-state index in [9.17, 15) is 0 Å². The molecule has 0 saturated carbocycles. The van der Waals surface area contributed by atoms with E-state index in [4.69, 9.17) is 20.6 Å². The van der Waals surface area contributed by atoms with E-state index in [1.54, 1.807) is 0 Å². The minimum absolute atomic E-state index is 0. The van der Waals surface area contributed by atoms with Gasteiger partial charge in [-0.15, -0.1) is 6.42 Å². The van der Waals surface area contributed by atoms with E-state index < -0.39 is 0 Å². The quantitative estimate of drug-likeness (QED) is 0.192. The Balaban J connectivity index is 0. The Morgan fingerprint density at radius 3 is 2.07 bits per heavy atom. The van der Waals surface area contributed by atoms with Gasteiger partial charge in [0.25, 0.3) is 0 Å². The maximum absolute atomic E-state index is 5.21. The van der Waals surface area contributed by atoms with Crippen LogP contribution in [-0.2, 0) is 14.2 Å². The first-order chi connectivity index (χ1) is 6.91. The van der Waals surface area contributed by atoms with E-state index in [-0.39, 0.29) is 51.4 Å². The molecular formula is C10H18KNO3. The van der Waals surface area contributed by atoms with Crippen molar-refractivity contribution in [3.05, 3.63) is 7.05 Å². The van der Waals surface area contributed by atoms with E-state index in [2.05, 4.69) is 18.3 Å². The van der Waals surface area contributed by atoms with Crippen molar-refractivity contribution in [2.24, 2.45) is 0 Å². The largest absolute Gasteiger partial charge is 1.00 e. The Kier molecular flexibility index (Phi) is 21.4. The standard InChI is InChI=1S/C10H18NO3.K/c1-3-5-12-7-9-14-10-8-13-6-4-11-2;/h1,11H,2,4-10H2;/q-1;+1. The van der Waals surface area contributed by atoms with Gasteiger partial charge in [0.2, 0.25) is 0 Å². The molecule has 0 radical (unpaired) electrons. The molecule has 0 spiro atoms. The number of rotatable bonds is 10. The molecule has 0 rings (SSSR count). The molecule has 0 fully saturated rings. The van der Waals surface area contributed by atoms with Crippen LogP contribution in [0.5, 0.6) is 0 Å². The molecule has 0 amide bonds. The molecule has 0 bridgehead atoms.